The number of benzene rings is 1. The molecular formula is C13H19NO3. The molecule has 94 valence electrons. The molecule has 1 amide bonds. The Hall–Kier alpha value is -1.55. The van der Waals surface area contributed by atoms with E-state index in [1.54, 1.807) is 24.1 Å². The van der Waals surface area contributed by atoms with Crippen LogP contribution in [-0.2, 0) is 0 Å². The third kappa shape index (κ3) is 5.36. The lowest BCUT2D eigenvalue weighted by Gasteiger charge is -2.16. The van der Waals surface area contributed by atoms with Crippen LogP contribution in [0.5, 0.6) is 5.75 Å². The zero-order valence-corrected chi connectivity index (χ0v) is 10.1. The Morgan fingerprint density at radius 2 is 1.94 bits per heavy atom. The molecule has 0 fully saturated rings. The summed E-state index contributed by atoms with van der Waals surface area (Å²) in [5, 5.41) is 8.63. The first-order valence-corrected chi connectivity index (χ1v) is 5.83. The fourth-order valence-electron chi connectivity index (χ4n) is 1.40. The van der Waals surface area contributed by atoms with Crippen molar-refractivity contribution >= 4 is 6.09 Å². The Morgan fingerprint density at radius 3 is 2.59 bits per heavy atom. The predicted octanol–water partition coefficient (Wildman–Crippen LogP) is 2.28. The van der Waals surface area contributed by atoms with Crippen molar-refractivity contribution < 1.29 is 14.6 Å². The molecule has 1 aromatic rings. The van der Waals surface area contributed by atoms with E-state index < -0.39 is 0 Å². The van der Waals surface area contributed by atoms with Crippen molar-refractivity contribution in [3.63, 3.8) is 0 Å². The van der Waals surface area contributed by atoms with Gasteiger partial charge in [0.2, 0.25) is 0 Å². The molecule has 0 aromatic heterocycles. The molecule has 0 spiro atoms. The van der Waals surface area contributed by atoms with Gasteiger partial charge in [0.25, 0.3) is 0 Å². The second-order valence-electron chi connectivity index (χ2n) is 3.89. The molecule has 0 aliphatic carbocycles. The van der Waals surface area contributed by atoms with Crippen LogP contribution < -0.4 is 4.74 Å². The molecule has 0 heterocycles. The Kier molecular flexibility index (Phi) is 6.10. The number of hydrogen-bond acceptors (Lipinski definition) is 3. The van der Waals surface area contributed by atoms with Crippen LogP contribution in [0.2, 0.25) is 0 Å². The largest absolute Gasteiger partial charge is 0.414 e. The average Bonchev–Trinajstić information content (AvgIpc) is 2.35. The highest BCUT2D eigenvalue weighted by Crippen LogP contribution is 2.10. The van der Waals surface area contributed by atoms with Crippen LogP contribution in [0.25, 0.3) is 0 Å². The van der Waals surface area contributed by atoms with E-state index in [1.807, 2.05) is 18.2 Å². The van der Waals surface area contributed by atoms with E-state index in [0.717, 1.165) is 19.3 Å². The third-order valence-electron chi connectivity index (χ3n) is 2.41. The minimum atomic E-state index is -0.347. The molecular weight excluding hydrogens is 218 g/mol. The van der Waals surface area contributed by atoms with Crippen LogP contribution in [0, 0.1) is 0 Å². The zero-order valence-electron chi connectivity index (χ0n) is 10.1. The second kappa shape index (κ2) is 7.68. The normalized spacial score (nSPS) is 10.0. The number of unbranched alkanes of at least 4 members (excludes halogenated alkanes) is 2. The fraction of sp³-hybridized carbons (Fsp3) is 0.462. The summed E-state index contributed by atoms with van der Waals surface area (Å²) in [5.41, 5.74) is 0. The van der Waals surface area contributed by atoms with Gasteiger partial charge in [-0.3, -0.25) is 0 Å². The van der Waals surface area contributed by atoms with E-state index in [-0.39, 0.29) is 12.7 Å². The maximum atomic E-state index is 11.6. The minimum Gasteiger partial charge on any atom is -0.410 e. The molecule has 0 bridgehead atoms. The lowest BCUT2D eigenvalue weighted by molar-refractivity contribution is 0.162. The Bertz CT molecular complexity index is 327. The summed E-state index contributed by atoms with van der Waals surface area (Å²) < 4.78 is 5.17. The van der Waals surface area contributed by atoms with Crippen LogP contribution >= 0.6 is 0 Å². The lowest BCUT2D eigenvalue weighted by Crippen LogP contribution is -2.30. The summed E-state index contributed by atoms with van der Waals surface area (Å²) in [6.07, 6.45) is 2.22. The number of aliphatic hydroxyl groups is 1. The van der Waals surface area contributed by atoms with Gasteiger partial charge >= 0.3 is 6.09 Å². The van der Waals surface area contributed by atoms with Gasteiger partial charge < -0.3 is 14.7 Å². The van der Waals surface area contributed by atoms with Gasteiger partial charge in [0, 0.05) is 20.2 Å². The monoisotopic (exact) mass is 237 g/mol. The molecule has 0 aliphatic rings. The van der Waals surface area contributed by atoms with Crippen LogP contribution in [0.1, 0.15) is 19.3 Å². The Morgan fingerprint density at radius 1 is 1.24 bits per heavy atom. The lowest BCUT2D eigenvalue weighted by atomic mass is 10.2. The predicted molar refractivity (Wildman–Crippen MR) is 66.0 cm³/mol. The number of ether oxygens (including phenoxy) is 1. The smallest absolute Gasteiger partial charge is 0.410 e. The number of hydrogen-bond donors (Lipinski definition) is 1. The summed E-state index contributed by atoms with van der Waals surface area (Å²) in [5.74, 6) is 0.555. The molecule has 1 rings (SSSR count). The zero-order chi connectivity index (χ0) is 12.5. The van der Waals surface area contributed by atoms with Gasteiger partial charge in [-0.15, -0.1) is 0 Å². The molecule has 4 nitrogen and oxygen atoms in total. The molecule has 0 unspecified atom stereocenters. The summed E-state index contributed by atoms with van der Waals surface area (Å²) in [7, 11) is 1.71. The quantitative estimate of drug-likeness (QED) is 0.772. The van der Waals surface area contributed by atoms with Crippen molar-refractivity contribution in [2.75, 3.05) is 20.2 Å². The summed E-state index contributed by atoms with van der Waals surface area (Å²) in [6.45, 7) is 0.851. The maximum absolute atomic E-state index is 11.6. The van der Waals surface area contributed by atoms with Crippen LogP contribution in [0.15, 0.2) is 30.3 Å². The standard InChI is InChI=1S/C13H19NO3/c1-14(10-6-3-7-11-15)13(16)17-12-8-4-2-5-9-12/h2,4-5,8-9,15H,3,6-7,10-11H2,1H3. The highest BCUT2D eigenvalue weighted by Gasteiger charge is 2.10. The van der Waals surface area contributed by atoms with Crippen molar-refractivity contribution in [1.82, 2.24) is 4.90 Å². The number of amides is 1. The molecule has 17 heavy (non-hydrogen) atoms. The highest BCUT2D eigenvalue weighted by atomic mass is 16.6. The molecule has 1 aromatic carbocycles. The van der Waals surface area contributed by atoms with Crippen LogP contribution in [0.3, 0.4) is 0 Å². The molecule has 0 saturated carbocycles. The molecule has 0 saturated heterocycles. The van der Waals surface area contributed by atoms with Gasteiger partial charge in [0.1, 0.15) is 5.75 Å². The van der Waals surface area contributed by atoms with Gasteiger partial charge in [0.15, 0.2) is 0 Å². The third-order valence-corrected chi connectivity index (χ3v) is 2.41. The van der Waals surface area contributed by atoms with Crippen molar-refractivity contribution in [2.24, 2.45) is 0 Å². The first kappa shape index (κ1) is 13.5. The van der Waals surface area contributed by atoms with Gasteiger partial charge in [-0.25, -0.2) is 4.79 Å². The van der Waals surface area contributed by atoms with Crippen molar-refractivity contribution in [1.29, 1.82) is 0 Å². The molecule has 0 radical (unpaired) electrons. The van der Waals surface area contributed by atoms with E-state index in [9.17, 15) is 4.79 Å². The van der Waals surface area contributed by atoms with Crippen molar-refractivity contribution in [2.45, 2.75) is 19.3 Å². The van der Waals surface area contributed by atoms with Gasteiger partial charge in [0.05, 0.1) is 0 Å². The topological polar surface area (TPSA) is 49.8 Å². The summed E-state index contributed by atoms with van der Waals surface area (Å²) >= 11 is 0. The number of carbonyl (C=O) groups is 1. The molecule has 4 heteroatoms. The summed E-state index contributed by atoms with van der Waals surface area (Å²) in [6, 6.07) is 9.01. The first-order chi connectivity index (χ1) is 8.24. The van der Waals surface area contributed by atoms with Gasteiger partial charge in [-0.05, 0) is 31.4 Å². The highest BCUT2D eigenvalue weighted by molar-refractivity contribution is 5.70. The number of carbonyl (C=O) groups excluding carboxylic acids is 1. The molecule has 0 atom stereocenters. The first-order valence-electron chi connectivity index (χ1n) is 5.83. The average molecular weight is 237 g/mol. The fourth-order valence-corrected chi connectivity index (χ4v) is 1.40. The van der Waals surface area contributed by atoms with Crippen LogP contribution in [0.4, 0.5) is 4.79 Å². The van der Waals surface area contributed by atoms with Gasteiger partial charge in [-0.1, -0.05) is 18.2 Å². The Balaban J connectivity index is 2.27. The number of para-hydroxylation sites is 1. The maximum Gasteiger partial charge on any atom is 0.414 e. The van der Waals surface area contributed by atoms with E-state index in [0.29, 0.717) is 12.3 Å². The van der Waals surface area contributed by atoms with E-state index in [2.05, 4.69) is 0 Å². The van der Waals surface area contributed by atoms with E-state index >= 15 is 0 Å². The van der Waals surface area contributed by atoms with E-state index in [1.165, 1.54) is 0 Å². The SMILES string of the molecule is CN(CCCCCO)C(=O)Oc1ccccc1. The Labute approximate surface area is 102 Å². The van der Waals surface area contributed by atoms with Crippen molar-refractivity contribution in [3.8, 4) is 5.75 Å². The van der Waals surface area contributed by atoms with E-state index in [4.69, 9.17) is 9.84 Å². The number of rotatable bonds is 6. The summed E-state index contributed by atoms with van der Waals surface area (Å²) in [4.78, 5) is 13.2. The molecule has 0 aliphatic heterocycles. The number of aliphatic hydroxyl groups excluding tert-OH is 1. The second-order valence-corrected chi connectivity index (χ2v) is 3.89. The van der Waals surface area contributed by atoms with Gasteiger partial charge in [-0.2, -0.15) is 0 Å². The molecule has 1 N–H and O–H groups in total. The minimum absolute atomic E-state index is 0.207. The number of nitrogens with zero attached hydrogens (tertiary/aromatic N) is 1. The van der Waals surface area contributed by atoms with Crippen molar-refractivity contribution in [3.05, 3.63) is 30.3 Å². The van der Waals surface area contributed by atoms with Crippen LogP contribution in [-0.4, -0.2) is 36.3 Å².